The van der Waals surface area contributed by atoms with E-state index in [1.807, 2.05) is 0 Å². The number of anilines is 2. The van der Waals surface area contributed by atoms with Crippen molar-refractivity contribution >= 4 is 44.1 Å². The van der Waals surface area contributed by atoms with Crippen molar-refractivity contribution in [2.24, 2.45) is 0 Å². The number of rotatable bonds is 6. The second-order valence-electron chi connectivity index (χ2n) is 4.11. The van der Waals surface area contributed by atoms with Gasteiger partial charge in [-0.3, -0.25) is 9.52 Å². The van der Waals surface area contributed by atoms with Crippen molar-refractivity contribution in [3.63, 3.8) is 0 Å². The van der Waals surface area contributed by atoms with Crippen LogP contribution in [0.5, 0.6) is 0 Å². The molecule has 23 heavy (non-hydrogen) atoms. The highest BCUT2D eigenvalue weighted by Crippen LogP contribution is 2.19. The Morgan fingerprint density at radius 1 is 1.17 bits per heavy atom. The number of hydrogen-bond donors (Lipinski definition) is 2. The minimum Gasteiger partial charge on any atom is -0.545 e. The Balaban J connectivity index is 2.07. The summed E-state index contributed by atoms with van der Waals surface area (Å²) in [7, 11) is -3.76. The first-order valence-electron chi connectivity index (χ1n) is 6.09. The summed E-state index contributed by atoms with van der Waals surface area (Å²) in [6.45, 7) is 0. The summed E-state index contributed by atoms with van der Waals surface area (Å²) >= 11 is 1.14. The van der Waals surface area contributed by atoms with Crippen molar-refractivity contribution in [2.75, 3.05) is 10.0 Å². The third-order valence-electron chi connectivity index (χ3n) is 2.46. The second-order valence-corrected chi connectivity index (χ2v) is 6.69. The summed E-state index contributed by atoms with van der Waals surface area (Å²) in [4.78, 5) is 25.4. The number of carbonyl (C=O) groups is 2. The van der Waals surface area contributed by atoms with Crippen LogP contribution in [-0.4, -0.2) is 25.3 Å². The smallest absolute Gasteiger partial charge is 0.263 e. The molecule has 2 aromatic rings. The van der Waals surface area contributed by atoms with Gasteiger partial charge in [-0.2, -0.15) is 0 Å². The number of benzene rings is 1. The molecule has 2 rings (SSSR count). The van der Waals surface area contributed by atoms with Gasteiger partial charge in [0.2, 0.25) is 5.91 Å². The van der Waals surface area contributed by atoms with Gasteiger partial charge in [-0.05, 0) is 30.3 Å². The fourth-order valence-corrected chi connectivity index (χ4v) is 3.28. The fraction of sp³-hybridized carbons (Fsp3) is 0. The molecule has 8 nitrogen and oxygen atoms in total. The Morgan fingerprint density at radius 2 is 1.87 bits per heavy atom. The monoisotopic (exact) mass is 352 g/mol. The van der Waals surface area contributed by atoms with E-state index < -0.39 is 21.9 Å². The summed E-state index contributed by atoms with van der Waals surface area (Å²) in [5, 5.41) is 14.4. The Labute approximate surface area is 135 Å². The van der Waals surface area contributed by atoms with Crippen LogP contribution in [0.25, 0.3) is 0 Å². The van der Waals surface area contributed by atoms with Crippen LogP contribution in [0.15, 0.2) is 52.9 Å². The number of hydrogen-bond acceptors (Lipinski definition) is 7. The minimum atomic E-state index is -3.76. The highest BCUT2D eigenvalue weighted by atomic mass is 32.2. The van der Waals surface area contributed by atoms with E-state index in [9.17, 15) is 23.1 Å². The van der Waals surface area contributed by atoms with E-state index in [-0.39, 0.29) is 10.0 Å². The van der Waals surface area contributed by atoms with Crippen LogP contribution < -0.4 is 15.1 Å². The van der Waals surface area contributed by atoms with Crippen LogP contribution in [0.3, 0.4) is 0 Å². The number of aliphatic carboxylic acids is 1. The van der Waals surface area contributed by atoms with Crippen molar-refractivity contribution in [2.45, 2.75) is 4.90 Å². The number of carboxylic acid groups (broad SMARTS) is 1. The zero-order valence-electron chi connectivity index (χ0n) is 11.4. The van der Waals surface area contributed by atoms with Crippen LogP contribution in [0.4, 0.5) is 10.8 Å². The number of aromatic nitrogens is 1. The average Bonchev–Trinajstić information content (AvgIpc) is 2.98. The van der Waals surface area contributed by atoms with E-state index >= 15 is 0 Å². The lowest BCUT2D eigenvalue weighted by atomic mass is 10.3. The molecule has 0 spiro atoms. The van der Waals surface area contributed by atoms with Gasteiger partial charge < -0.3 is 15.2 Å². The van der Waals surface area contributed by atoms with Gasteiger partial charge in [0.1, 0.15) is 0 Å². The zero-order chi connectivity index (χ0) is 16.9. The van der Waals surface area contributed by atoms with E-state index in [4.69, 9.17) is 0 Å². The van der Waals surface area contributed by atoms with Gasteiger partial charge in [0.25, 0.3) is 10.0 Å². The minimum absolute atomic E-state index is 0.00372. The maximum atomic E-state index is 12.1. The number of sulfonamides is 1. The van der Waals surface area contributed by atoms with Crippen molar-refractivity contribution in [3.8, 4) is 0 Å². The molecule has 1 heterocycles. The highest BCUT2D eigenvalue weighted by Gasteiger charge is 2.15. The topological polar surface area (TPSA) is 128 Å². The van der Waals surface area contributed by atoms with Crippen LogP contribution in [-0.2, 0) is 19.6 Å². The molecule has 0 aliphatic rings. The second kappa shape index (κ2) is 7.03. The molecule has 0 radical (unpaired) electrons. The van der Waals surface area contributed by atoms with Gasteiger partial charge >= 0.3 is 0 Å². The van der Waals surface area contributed by atoms with E-state index in [0.717, 1.165) is 17.4 Å². The van der Waals surface area contributed by atoms with Gasteiger partial charge in [0.15, 0.2) is 5.13 Å². The number of nitrogens with zero attached hydrogens (tertiary/aromatic N) is 1. The Bertz CT molecular complexity index is 827. The third-order valence-corrected chi connectivity index (χ3v) is 4.63. The molecule has 1 aromatic heterocycles. The maximum absolute atomic E-state index is 12.1. The van der Waals surface area contributed by atoms with Gasteiger partial charge in [-0.1, -0.05) is 0 Å². The largest absolute Gasteiger partial charge is 0.545 e. The molecule has 0 aliphatic heterocycles. The number of thiazole rings is 1. The molecule has 120 valence electrons. The first kappa shape index (κ1) is 16.6. The molecule has 0 unspecified atom stereocenters. The van der Waals surface area contributed by atoms with Gasteiger partial charge in [-0.15, -0.1) is 11.3 Å². The Morgan fingerprint density at radius 3 is 2.43 bits per heavy atom. The molecule has 0 atom stereocenters. The quantitative estimate of drug-likeness (QED) is 0.714. The lowest BCUT2D eigenvalue weighted by Gasteiger charge is -2.07. The third kappa shape index (κ3) is 4.90. The summed E-state index contributed by atoms with van der Waals surface area (Å²) in [6.07, 6.45) is 2.86. The Kier molecular flexibility index (Phi) is 5.09. The molecule has 1 aromatic carbocycles. The van der Waals surface area contributed by atoms with Crippen molar-refractivity contribution in [1.29, 1.82) is 0 Å². The van der Waals surface area contributed by atoms with Crippen molar-refractivity contribution in [3.05, 3.63) is 48.0 Å². The number of nitrogens with one attached hydrogen (secondary N) is 2. The predicted octanol–water partition coefficient (Wildman–Crippen LogP) is 0.188. The van der Waals surface area contributed by atoms with Crippen molar-refractivity contribution < 1.29 is 23.1 Å². The maximum Gasteiger partial charge on any atom is 0.263 e. The van der Waals surface area contributed by atoms with E-state index in [1.165, 1.54) is 30.5 Å². The van der Waals surface area contributed by atoms with E-state index in [0.29, 0.717) is 11.8 Å². The molecular formula is C13H10N3O5S2-. The lowest BCUT2D eigenvalue weighted by Crippen LogP contribution is -2.20. The number of amides is 1. The SMILES string of the molecule is O=C([O-])/C=C/C(=O)Nc1ccc(S(=O)(=O)Nc2nccs2)cc1. The molecule has 0 saturated heterocycles. The molecule has 0 bridgehead atoms. The molecule has 0 saturated carbocycles. The van der Waals surface area contributed by atoms with Gasteiger partial charge in [-0.25, -0.2) is 13.4 Å². The summed E-state index contributed by atoms with van der Waals surface area (Å²) in [6, 6.07) is 5.35. The lowest BCUT2D eigenvalue weighted by molar-refractivity contribution is -0.297. The summed E-state index contributed by atoms with van der Waals surface area (Å²) < 4.78 is 26.5. The average molecular weight is 352 g/mol. The van der Waals surface area contributed by atoms with Crippen molar-refractivity contribution in [1.82, 2.24) is 4.98 Å². The number of carboxylic acids is 1. The molecule has 1 amide bonds. The zero-order valence-corrected chi connectivity index (χ0v) is 13.1. The molecule has 0 fully saturated rings. The first-order chi connectivity index (χ1) is 10.9. The van der Waals surface area contributed by atoms with Gasteiger partial charge in [0, 0.05) is 23.3 Å². The molecule has 10 heteroatoms. The van der Waals surface area contributed by atoms with E-state index in [1.54, 1.807) is 5.38 Å². The molecular weight excluding hydrogens is 342 g/mol. The highest BCUT2D eigenvalue weighted by molar-refractivity contribution is 7.93. The first-order valence-corrected chi connectivity index (χ1v) is 8.45. The standard InChI is InChI=1S/C13H11N3O5S2/c17-11(5-6-12(18)19)15-9-1-3-10(4-2-9)23(20,21)16-13-14-7-8-22-13/h1-8H,(H,14,16)(H,15,17)(H,18,19)/p-1/b6-5+. The van der Waals surface area contributed by atoms with Crippen LogP contribution in [0.1, 0.15) is 0 Å². The van der Waals surface area contributed by atoms with Crippen LogP contribution >= 0.6 is 11.3 Å². The van der Waals surface area contributed by atoms with Crippen LogP contribution in [0, 0.1) is 0 Å². The normalized spacial score (nSPS) is 11.3. The molecule has 0 aliphatic carbocycles. The summed E-state index contributed by atoms with van der Waals surface area (Å²) in [5.41, 5.74) is 0.311. The number of carbonyl (C=O) groups excluding carboxylic acids is 2. The fourth-order valence-electron chi connectivity index (χ4n) is 1.49. The van der Waals surface area contributed by atoms with E-state index in [2.05, 4.69) is 15.0 Å². The predicted molar refractivity (Wildman–Crippen MR) is 82.1 cm³/mol. The Hall–Kier alpha value is -2.72. The molecule has 2 N–H and O–H groups in total. The summed E-state index contributed by atoms with van der Waals surface area (Å²) in [5.74, 6) is -2.17. The van der Waals surface area contributed by atoms with Crippen LogP contribution in [0.2, 0.25) is 0 Å². The van der Waals surface area contributed by atoms with Gasteiger partial charge in [0.05, 0.1) is 10.9 Å².